The predicted molar refractivity (Wildman–Crippen MR) is 74.9 cm³/mol. The number of pyridine rings is 1. The van der Waals surface area contributed by atoms with E-state index in [0.717, 1.165) is 0 Å². The monoisotopic (exact) mass is 352 g/mol. The Morgan fingerprint density at radius 2 is 1.86 bits per heavy atom. The highest BCUT2D eigenvalue weighted by atomic mass is 79.9. The Morgan fingerprint density at radius 3 is 2.48 bits per heavy atom. The first-order chi connectivity index (χ1) is 9.65. The number of aromatic nitrogens is 1. The highest BCUT2D eigenvalue weighted by molar-refractivity contribution is 5.95. The van der Waals surface area contributed by atoms with E-state index in [1.807, 2.05) is 12.1 Å². The molecule has 6 heteroatoms. The van der Waals surface area contributed by atoms with Crippen molar-refractivity contribution in [3.05, 3.63) is 48.2 Å². The Morgan fingerprint density at radius 1 is 1.14 bits per heavy atom. The first-order valence-electron chi connectivity index (χ1n) is 6.15. The van der Waals surface area contributed by atoms with Gasteiger partial charge in [0.15, 0.2) is 18.0 Å². The number of halogens is 1. The lowest BCUT2D eigenvalue weighted by molar-refractivity contribution is -0.668. The Balaban J connectivity index is 0.00000220. The van der Waals surface area contributed by atoms with Gasteiger partial charge in [-0.2, -0.15) is 0 Å². The third-order valence-electron chi connectivity index (χ3n) is 3.00. The van der Waals surface area contributed by atoms with Gasteiger partial charge in [-0.15, -0.1) is 0 Å². The van der Waals surface area contributed by atoms with E-state index >= 15 is 0 Å². The van der Waals surface area contributed by atoms with Crippen molar-refractivity contribution in [2.75, 3.05) is 20.0 Å². The van der Waals surface area contributed by atoms with Crippen molar-refractivity contribution in [1.82, 2.24) is 0 Å². The van der Waals surface area contributed by atoms with Crippen LogP contribution in [0.4, 0.5) is 5.82 Å². The summed E-state index contributed by atoms with van der Waals surface area (Å²) in [6.45, 7) is 0.183. The standard InChI is InChI=1S/C15H16N2O3.BrH/c1-19-13-7-6-11(9-14(13)20-2)12(18)10-17-8-4-3-5-15(17)16;/h3-9,16H,10H2,1-2H3;1H. The fourth-order valence-corrected chi connectivity index (χ4v) is 1.89. The molecule has 0 aliphatic carbocycles. The number of nitrogens with two attached hydrogens (primary N) is 1. The number of benzene rings is 1. The molecule has 0 spiro atoms. The van der Waals surface area contributed by atoms with Crippen LogP contribution >= 0.6 is 0 Å². The summed E-state index contributed by atoms with van der Waals surface area (Å²) in [5.74, 6) is 1.62. The number of rotatable bonds is 5. The number of nitrogens with zero attached hydrogens (tertiary/aromatic N) is 1. The van der Waals surface area contributed by atoms with Crippen LogP contribution in [-0.4, -0.2) is 20.0 Å². The number of ether oxygens (including phenoxy) is 2. The first-order valence-corrected chi connectivity index (χ1v) is 6.15. The molecule has 0 bridgehead atoms. The smallest absolute Gasteiger partial charge is 0.272 e. The SMILES string of the molecule is COc1ccc(C(=O)C[n+]2ccccc2N)cc1OC.[Br-]. The largest absolute Gasteiger partial charge is 1.00 e. The molecule has 112 valence electrons. The molecule has 21 heavy (non-hydrogen) atoms. The zero-order valence-corrected chi connectivity index (χ0v) is 13.5. The number of ketones is 1. The van der Waals surface area contributed by atoms with Crippen molar-refractivity contribution in [2.45, 2.75) is 6.54 Å². The van der Waals surface area contributed by atoms with Gasteiger partial charge in [0.1, 0.15) is 0 Å². The molecule has 1 aromatic heterocycles. The van der Waals surface area contributed by atoms with Crippen molar-refractivity contribution >= 4 is 11.6 Å². The average molecular weight is 353 g/mol. The molecule has 0 saturated carbocycles. The topological polar surface area (TPSA) is 65.4 Å². The molecule has 0 aliphatic rings. The van der Waals surface area contributed by atoms with Crippen LogP contribution in [-0.2, 0) is 6.54 Å². The second-order valence-electron chi connectivity index (χ2n) is 4.25. The highest BCUT2D eigenvalue weighted by Gasteiger charge is 2.14. The van der Waals surface area contributed by atoms with Gasteiger partial charge in [0.05, 0.1) is 20.4 Å². The first kappa shape index (κ1) is 17.0. The number of carbonyl (C=O) groups excluding carboxylic acids is 1. The quantitative estimate of drug-likeness (QED) is 0.523. The number of carbonyl (C=O) groups is 1. The Bertz CT molecular complexity index is 632. The highest BCUT2D eigenvalue weighted by Crippen LogP contribution is 2.27. The van der Waals surface area contributed by atoms with E-state index in [2.05, 4.69) is 0 Å². The van der Waals surface area contributed by atoms with E-state index in [0.29, 0.717) is 22.9 Å². The van der Waals surface area contributed by atoms with Crippen LogP contribution in [0, 0.1) is 0 Å². The molecule has 0 unspecified atom stereocenters. The van der Waals surface area contributed by atoms with E-state index in [9.17, 15) is 4.79 Å². The maximum Gasteiger partial charge on any atom is 0.272 e. The molecule has 0 atom stereocenters. The number of nitrogen functional groups attached to an aromatic ring is 1. The fourth-order valence-electron chi connectivity index (χ4n) is 1.89. The maximum absolute atomic E-state index is 12.3. The van der Waals surface area contributed by atoms with E-state index < -0.39 is 0 Å². The van der Waals surface area contributed by atoms with Gasteiger partial charge in [0, 0.05) is 11.6 Å². The number of hydrogen-bond donors (Lipinski definition) is 1. The van der Waals surface area contributed by atoms with E-state index in [1.165, 1.54) is 7.11 Å². The van der Waals surface area contributed by atoms with Gasteiger partial charge in [-0.1, -0.05) is 6.07 Å². The molecular weight excluding hydrogens is 336 g/mol. The molecule has 5 nitrogen and oxygen atoms in total. The molecule has 1 heterocycles. The van der Waals surface area contributed by atoms with E-state index in [-0.39, 0.29) is 29.3 Å². The van der Waals surface area contributed by atoms with Gasteiger partial charge >= 0.3 is 0 Å². The average Bonchev–Trinajstić information content (AvgIpc) is 2.48. The van der Waals surface area contributed by atoms with Crippen molar-refractivity contribution in [2.24, 2.45) is 0 Å². The summed E-state index contributed by atoms with van der Waals surface area (Å²) in [5.41, 5.74) is 6.37. The van der Waals surface area contributed by atoms with Crippen molar-refractivity contribution in [3.63, 3.8) is 0 Å². The normalized spacial score (nSPS) is 9.62. The van der Waals surface area contributed by atoms with Crippen LogP contribution in [0.25, 0.3) is 0 Å². The minimum Gasteiger partial charge on any atom is -1.00 e. The van der Waals surface area contributed by atoms with Gasteiger partial charge in [0.25, 0.3) is 5.82 Å². The summed E-state index contributed by atoms with van der Waals surface area (Å²) in [7, 11) is 3.09. The van der Waals surface area contributed by atoms with Gasteiger partial charge in [-0.3, -0.25) is 10.5 Å². The van der Waals surface area contributed by atoms with E-state index in [4.69, 9.17) is 15.2 Å². The van der Waals surface area contributed by atoms with Crippen molar-refractivity contribution in [1.29, 1.82) is 0 Å². The molecule has 2 N–H and O–H groups in total. The second-order valence-corrected chi connectivity index (χ2v) is 4.25. The molecule has 0 fully saturated rings. The third kappa shape index (κ3) is 3.95. The summed E-state index contributed by atoms with van der Waals surface area (Å²) in [5, 5.41) is 0. The Kier molecular flexibility index (Phi) is 6.17. The van der Waals surface area contributed by atoms with Gasteiger partial charge in [0.2, 0.25) is 5.78 Å². The van der Waals surface area contributed by atoms with Crippen LogP contribution in [0.5, 0.6) is 11.5 Å². The lowest BCUT2D eigenvalue weighted by atomic mass is 10.1. The van der Waals surface area contributed by atoms with Crippen LogP contribution in [0.2, 0.25) is 0 Å². The zero-order valence-electron chi connectivity index (χ0n) is 11.9. The van der Waals surface area contributed by atoms with Crippen LogP contribution in [0.15, 0.2) is 42.6 Å². The summed E-state index contributed by atoms with van der Waals surface area (Å²) in [4.78, 5) is 12.3. The third-order valence-corrected chi connectivity index (χ3v) is 3.00. The molecule has 0 saturated heterocycles. The summed E-state index contributed by atoms with van der Waals surface area (Å²) < 4.78 is 12.0. The molecule has 0 amide bonds. The van der Waals surface area contributed by atoms with Crippen LogP contribution in [0.1, 0.15) is 10.4 Å². The fraction of sp³-hybridized carbons (Fsp3) is 0.200. The van der Waals surface area contributed by atoms with Gasteiger partial charge in [-0.25, -0.2) is 4.57 Å². The molecule has 2 rings (SSSR count). The molecular formula is C15H17BrN2O3. The van der Waals surface area contributed by atoms with Crippen molar-refractivity contribution in [3.8, 4) is 11.5 Å². The number of methoxy groups -OCH3 is 2. The molecule has 2 aromatic rings. The lowest BCUT2D eigenvalue weighted by Crippen LogP contribution is -3.00. The summed E-state index contributed by atoms with van der Waals surface area (Å²) >= 11 is 0. The molecule has 0 aliphatic heterocycles. The lowest BCUT2D eigenvalue weighted by Gasteiger charge is -2.09. The van der Waals surface area contributed by atoms with Crippen molar-refractivity contribution < 1.29 is 35.8 Å². The second kappa shape index (κ2) is 7.64. The van der Waals surface area contributed by atoms with Gasteiger partial charge < -0.3 is 26.5 Å². The Labute approximate surface area is 134 Å². The zero-order chi connectivity index (χ0) is 14.5. The molecule has 1 aromatic carbocycles. The van der Waals surface area contributed by atoms with E-state index in [1.54, 1.807) is 42.1 Å². The Hall–Kier alpha value is -2.08. The van der Waals surface area contributed by atoms with Crippen LogP contribution < -0.4 is 36.8 Å². The summed E-state index contributed by atoms with van der Waals surface area (Å²) in [6, 6.07) is 10.5. The maximum atomic E-state index is 12.3. The molecule has 0 radical (unpaired) electrons. The minimum absolute atomic E-state index is 0. The van der Waals surface area contributed by atoms with Crippen LogP contribution in [0.3, 0.4) is 0 Å². The summed E-state index contributed by atoms with van der Waals surface area (Å²) in [6.07, 6.45) is 1.77. The number of anilines is 1. The number of Topliss-reactive ketones (excluding diaryl/α,β-unsaturated/α-hetero) is 1. The minimum atomic E-state index is -0.0474. The predicted octanol–water partition coefficient (Wildman–Crippen LogP) is -1.54. The number of hydrogen-bond acceptors (Lipinski definition) is 4. The van der Waals surface area contributed by atoms with Gasteiger partial charge in [-0.05, 0) is 24.3 Å².